The minimum atomic E-state index is -2.77. The van der Waals surface area contributed by atoms with Gasteiger partial charge < -0.3 is 0 Å². The molecule has 0 aromatic heterocycles. The zero-order valence-corrected chi connectivity index (χ0v) is 16.4. The Hall–Kier alpha value is -1.39. The molecule has 0 aromatic carbocycles. The van der Waals surface area contributed by atoms with Crippen molar-refractivity contribution >= 4 is 11.0 Å². The van der Waals surface area contributed by atoms with Crippen molar-refractivity contribution in [3.63, 3.8) is 0 Å². The number of hydrogen-bond donors (Lipinski definition) is 1. The molecule has 1 aliphatic rings. The standard InChI is InChI=1S/C20H30O3S/c1-16(8-6-9-17(2)13-15-23-24(21)22)11-12-19-18(3)10-7-14-20(19,4)5/h6,8-9,11-13,24H,7,10,14-15H2,1-5H3/b9-6+,12-11+,16-8+,17-13+. The second-order valence-corrected chi connectivity index (χ2v) is 7.71. The van der Waals surface area contributed by atoms with Gasteiger partial charge in [0, 0.05) is 0 Å². The summed E-state index contributed by atoms with van der Waals surface area (Å²) in [5.41, 5.74) is 5.37. The third kappa shape index (κ3) is 7.45. The maximum absolute atomic E-state index is 10.3. The molecule has 0 atom stereocenters. The van der Waals surface area contributed by atoms with Crippen LogP contribution in [0.3, 0.4) is 0 Å². The van der Waals surface area contributed by atoms with Gasteiger partial charge >= 0.3 is 0 Å². The predicted octanol–water partition coefficient (Wildman–Crippen LogP) is 5.06. The summed E-state index contributed by atoms with van der Waals surface area (Å²) in [6, 6.07) is 0. The van der Waals surface area contributed by atoms with E-state index in [2.05, 4.69) is 50.1 Å². The molecular formula is C20H30O3S. The van der Waals surface area contributed by atoms with Crippen LogP contribution in [0.1, 0.15) is 53.9 Å². The van der Waals surface area contributed by atoms with Crippen molar-refractivity contribution in [3.8, 4) is 0 Å². The average Bonchev–Trinajstić information content (AvgIpc) is 2.45. The first-order valence-corrected chi connectivity index (χ1v) is 9.49. The highest BCUT2D eigenvalue weighted by Gasteiger charge is 2.26. The van der Waals surface area contributed by atoms with E-state index in [0.717, 1.165) is 5.57 Å². The number of hydrogen-bond acceptors (Lipinski definition) is 3. The van der Waals surface area contributed by atoms with Crippen LogP contribution in [-0.4, -0.2) is 15.0 Å². The van der Waals surface area contributed by atoms with E-state index in [1.54, 1.807) is 6.08 Å². The highest BCUT2D eigenvalue weighted by molar-refractivity contribution is 7.67. The molecule has 134 valence electrons. The van der Waals surface area contributed by atoms with Crippen LogP contribution in [0.25, 0.3) is 0 Å². The van der Waals surface area contributed by atoms with Crippen molar-refractivity contribution in [1.29, 1.82) is 0 Å². The minimum absolute atomic E-state index is 0.0833. The van der Waals surface area contributed by atoms with Crippen molar-refractivity contribution in [1.82, 2.24) is 0 Å². The van der Waals surface area contributed by atoms with E-state index >= 15 is 0 Å². The fourth-order valence-corrected chi connectivity index (χ4v) is 3.13. The number of rotatable bonds is 7. The Morgan fingerprint density at radius 1 is 1.21 bits per heavy atom. The van der Waals surface area contributed by atoms with Gasteiger partial charge in [-0.1, -0.05) is 67.0 Å². The van der Waals surface area contributed by atoms with Crippen molar-refractivity contribution < 1.29 is 12.6 Å². The van der Waals surface area contributed by atoms with Crippen LogP contribution in [0.4, 0.5) is 0 Å². The van der Waals surface area contributed by atoms with Crippen LogP contribution in [0, 0.1) is 5.41 Å². The van der Waals surface area contributed by atoms with E-state index in [1.165, 1.54) is 36.0 Å². The highest BCUT2D eigenvalue weighted by atomic mass is 32.2. The molecule has 0 heterocycles. The van der Waals surface area contributed by atoms with Crippen LogP contribution in [0.5, 0.6) is 0 Å². The normalized spacial score (nSPS) is 19.9. The highest BCUT2D eigenvalue weighted by Crippen LogP contribution is 2.40. The molecule has 0 radical (unpaired) electrons. The van der Waals surface area contributed by atoms with E-state index in [-0.39, 0.29) is 12.0 Å². The van der Waals surface area contributed by atoms with Crippen LogP contribution >= 0.6 is 0 Å². The van der Waals surface area contributed by atoms with E-state index in [9.17, 15) is 8.42 Å². The van der Waals surface area contributed by atoms with Gasteiger partial charge in [-0.25, -0.2) is 8.42 Å². The quantitative estimate of drug-likeness (QED) is 0.515. The molecule has 3 nitrogen and oxygen atoms in total. The molecule has 0 saturated heterocycles. The predicted molar refractivity (Wildman–Crippen MR) is 102 cm³/mol. The molecule has 0 saturated carbocycles. The average molecular weight is 351 g/mol. The topological polar surface area (TPSA) is 43.4 Å². The molecule has 4 heteroatoms. The lowest BCUT2D eigenvalue weighted by Crippen LogP contribution is -2.19. The van der Waals surface area contributed by atoms with Crippen molar-refractivity contribution in [2.45, 2.75) is 53.9 Å². The molecule has 0 amide bonds. The maximum atomic E-state index is 10.3. The molecule has 0 aliphatic heterocycles. The first-order valence-electron chi connectivity index (χ1n) is 8.40. The van der Waals surface area contributed by atoms with Gasteiger partial charge in [0.1, 0.15) is 0 Å². The zero-order valence-electron chi connectivity index (χ0n) is 15.5. The second-order valence-electron chi connectivity index (χ2n) is 7.00. The summed E-state index contributed by atoms with van der Waals surface area (Å²) in [6.45, 7) is 11.0. The third-order valence-corrected chi connectivity index (χ3v) is 4.72. The Morgan fingerprint density at radius 2 is 1.92 bits per heavy atom. The summed E-state index contributed by atoms with van der Waals surface area (Å²) in [5, 5.41) is 0. The van der Waals surface area contributed by atoms with Gasteiger partial charge in [-0.2, -0.15) is 0 Å². The van der Waals surface area contributed by atoms with Gasteiger partial charge in [0.25, 0.3) is 11.0 Å². The van der Waals surface area contributed by atoms with E-state index in [4.69, 9.17) is 0 Å². The first kappa shape index (κ1) is 20.7. The van der Waals surface area contributed by atoms with Gasteiger partial charge in [0.05, 0.1) is 6.61 Å². The maximum Gasteiger partial charge on any atom is 0.257 e. The molecule has 0 unspecified atom stereocenters. The molecule has 0 aromatic rings. The number of thiol groups is 1. The fourth-order valence-electron chi connectivity index (χ4n) is 2.93. The van der Waals surface area contributed by atoms with E-state index < -0.39 is 11.0 Å². The Bertz CT molecular complexity index is 648. The van der Waals surface area contributed by atoms with Gasteiger partial charge in [-0.15, -0.1) is 0 Å². The van der Waals surface area contributed by atoms with Crippen molar-refractivity contribution in [2.24, 2.45) is 5.41 Å². The molecule has 0 fully saturated rings. The smallest absolute Gasteiger partial charge is 0.257 e. The summed E-state index contributed by atoms with van der Waals surface area (Å²) >= 11 is 0. The van der Waals surface area contributed by atoms with Gasteiger partial charge in [-0.05, 0) is 51.0 Å². The fraction of sp³-hybridized carbons (Fsp3) is 0.500. The SMILES string of the molecule is CC1=C(/C=C/C(C)=C/C=C/C(C)=C/CO[SH](=O)=O)C(C)(C)CCC1. The Balaban J connectivity index is 2.68. The molecule has 1 aliphatic carbocycles. The Morgan fingerprint density at radius 3 is 2.54 bits per heavy atom. The Labute approximate surface area is 148 Å². The lowest BCUT2D eigenvalue weighted by Gasteiger charge is -2.32. The lowest BCUT2D eigenvalue weighted by atomic mass is 9.72. The van der Waals surface area contributed by atoms with Gasteiger partial charge in [-0.3, -0.25) is 4.18 Å². The monoisotopic (exact) mass is 350 g/mol. The van der Waals surface area contributed by atoms with Crippen molar-refractivity contribution in [3.05, 3.63) is 58.7 Å². The zero-order chi connectivity index (χ0) is 18.2. The second kappa shape index (κ2) is 9.80. The van der Waals surface area contributed by atoms with Crippen LogP contribution < -0.4 is 0 Å². The number of allylic oxidation sites excluding steroid dienone is 9. The summed E-state index contributed by atoms with van der Waals surface area (Å²) in [4.78, 5) is 0. The Kier molecular flexibility index (Phi) is 8.43. The van der Waals surface area contributed by atoms with E-state index in [0.29, 0.717) is 0 Å². The molecule has 0 spiro atoms. The largest absolute Gasteiger partial charge is 0.268 e. The van der Waals surface area contributed by atoms with Gasteiger partial charge in [0.2, 0.25) is 0 Å². The molecule has 1 rings (SSSR count). The first-order chi connectivity index (χ1) is 11.2. The molecule has 24 heavy (non-hydrogen) atoms. The minimum Gasteiger partial charge on any atom is -0.268 e. The van der Waals surface area contributed by atoms with Crippen LogP contribution in [0.15, 0.2) is 58.7 Å². The van der Waals surface area contributed by atoms with Gasteiger partial charge in [0.15, 0.2) is 0 Å². The summed E-state index contributed by atoms with van der Waals surface area (Å²) < 4.78 is 25.1. The van der Waals surface area contributed by atoms with Crippen LogP contribution in [-0.2, 0) is 15.2 Å². The third-order valence-electron chi connectivity index (χ3n) is 4.36. The molecular weight excluding hydrogens is 320 g/mol. The summed E-state index contributed by atoms with van der Waals surface area (Å²) in [5.74, 6) is 0. The van der Waals surface area contributed by atoms with E-state index in [1.807, 2.05) is 19.1 Å². The molecule has 0 bridgehead atoms. The molecule has 0 N–H and O–H groups in total. The lowest BCUT2D eigenvalue weighted by molar-refractivity contribution is 0.374. The van der Waals surface area contributed by atoms with Crippen LogP contribution in [0.2, 0.25) is 0 Å². The summed E-state index contributed by atoms with van der Waals surface area (Å²) in [7, 11) is -2.77. The van der Waals surface area contributed by atoms with Crippen molar-refractivity contribution in [2.75, 3.05) is 6.61 Å². The summed E-state index contributed by atoms with van der Waals surface area (Å²) in [6.07, 6.45) is 15.8.